The monoisotopic (exact) mass is 372 g/mol. The lowest BCUT2D eigenvalue weighted by Gasteiger charge is -2.28. The summed E-state index contributed by atoms with van der Waals surface area (Å²) < 4.78 is 11.1. The molecule has 6 heteroatoms. The molecule has 2 aliphatic heterocycles. The van der Waals surface area contributed by atoms with Crippen molar-refractivity contribution in [2.45, 2.75) is 18.9 Å². The Morgan fingerprint density at radius 1 is 1.19 bits per heavy atom. The third-order valence-corrected chi connectivity index (χ3v) is 6.03. The molecule has 2 aliphatic rings. The summed E-state index contributed by atoms with van der Waals surface area (Å²) in [5.74, 6) is -0.0119. The predicted molar refractivity (Wildman–Crippen MR) is 104 cm³/mol. The Hall–Kier alpha value is -1.89. The molecule has 2 aromatic rings. The number of amides is 1. The molecule has 0 aliphatic carbocycles. The van der Waals surface area contributed by atoms with E-state index in [0.29, 0.717) is 6.54 Å². The van der Waals surface area contributed by atoms with Gasteiger partial charge in [0.25, 0.3) is 5.91 Å². The van der Waals surface area contributed by atoms with Gasteiger partial charge < -0.3 is 19.7 Å². The summed E-state index contributed by atoms with van der Waals surface area (Å²) in [4.78, 5) is 15.8. The molecule has 1 atom stereocenters. The average Bonchev–Trinajstić information content (AvgIpc) is 3.37. The maximum atomic E-state index is 12.7. The maximum Gasteiger partial charge on any atom is 0.261 e. The van der Waals surface area contributed by atoms with Crippen molar-refractivity contribution in [1.82, 2.24) is 5.32 Å². The lowest BCUT2D eigenvalue weighted by atomic mass is 10.1. The first-order valence-electron chi connectivity index (χ1n) is 9.23. The van der Waals surface area contributed by atoms with Gasteiger partial charge in [-0.2, -0.15) is 0 Å². The van der Waals surface area contributed by atoms with Crippen LogP contribution in [0.1, 0.15) is 22.5 Å². The van der Waals surface area contributed by atoms with Crippen molar-refractivity contribution >= 4 is 22.2 Å². The highest BCUT2D eigenvalue weighted by molar-refractivity contribution is 7.18. The Morgan fingerprint density at radius 3 is 2.73 bits per heavy atom. The highest BCUT2D eigenvalue weighted by Gasteiger charge is 2.23. The number of benzene rings is 1. The van der Waals surface area contributed by atoms with Gasteiger partial charge in [-0.25, -0.2) is 0 Å². The van der Waals surface area contributed by atoms with Gasteiger partial charge >= 0.3 is 0 Å². The number of nitrogens with zero attached hydrogens (tertiary/aromatic N) is 1. The molecule has 0 saturated carbocycles. The second-order valence-corrected chi connectivity index (χ2v) is 7.67. The van der Waals surface area contributed by atoms with Crippen LogP contribution >= 0.6 is 11.3 Å². The Balaban J connectivity index is 1.56. The second-order valence-electron chi connectivity index (χ2n) is 6.64. The van der Waals surface area contributed by atoms with Crippen molar-refractivity contribution in [3.05, 3.63) is 41.3 Å². The van der Waals surface area contributed by atoms with E-state index in [4.69, 9.17) is 9.47 Å². The topological polar surface area (TPSA) is 50.8 Å². The fourth-order valence-electron chi connectivity index (χ4n) is 3.42. The number of morpholine rings is 1. The van der Waals surface area contributed by atoms with E-state index in [1.807, 2.05) is 24.3 Å². The standard InChI is InChI=1S/C20H24N2O3S/c23-19(21-14-16-7-4-10-25-16)18-13-17(15-5-2-1-3-6-15)20(26-18)22-8-11-24-12-9-22/h1-3,5-6,13,16H,4,7-12,14H2,(H,21,23)/t16-/m0/s1. The molecular formula is C20H24N2O3S. The van der Waals surface area contributed by atoms with Gasteiger partial charge in [0.05, 0.1) is 29.2 Å². The van der Waals surface area contributed by atoms with Crippen LogP contribution in [-0.2, 0) is 9.47 Å². The Bertz CT molecular complexity index is 735. The zero-order valence-corrected chi connectivity index (χ0v) is 15.6. The predicted octanol–water partition coefficient (Wildman–Crippen LogP) is 3.16. The zero-order valence-electron chi connectivity index (χ0n) is 14.8. The van der Waals surface area contributed by atoms with Crippen LogP contribution in [0.4, 0.5) is 5.00 Å². The molecule has 1 N–H and O–H groups in total. The van der Waals surface area contributed by atoms with Gasteiger partial charge in [0.15, 0.2) is 0 Å². The molecule has 2 fully saturated rings. The fraction of sp³-hybridized carbons (Fsp3) is 0.450. The van der Waals surface area contributed by atoms with Gasteiger partial charge in [0, 0.05) is 31.8 Å². The van der Waals surface area contributed by atoms with Crippen LogP contribution < -0.4 is 10.2 Å². The van der Waals surface area contributed by atoms with Crippen LogP contribution in [0, 0.1) is 0 Å². The van der Waals surface area contributed by atoms with E-state index in [-0.39, 0.29) is 12.0 Å². The van der Waals surface area contributed by atoms with E-state index >= 15 is 0 Å². The second kappa shape index (κ2) is 8.20. The third-order valence-electron chi connectivity index (χ3n) is 4.83. The SMILES string of the molecule is O=C(NC[C@@H]1CCCO1)c1cc(-c2ccccc2)c(N2CCOCC2)s1. The molecule has 1 aromatic carbocycles. The lowest BCUT2D eigenvalue weighted by molar-refractivity contribution is 0.0861. The molecule has 26 heavy (non-hydrogen) atoms. The molecule has 2 saturated heterocycles. The smallest absolute Gasteiger partial charge is 0.261 e. The number of carbonyl (C=O) groups is 1. The van der Waals surface area contributed by atoms with Crippen LogP contribution in [0.15, 0.2) is 36.4 Å². The summed E-state index contributed by atoms with van der Waals surface area (Å²) in [5.41, 5.74) is 2.27. The fourth-order valence-corrected chi connectivity index (χ4v) is 4.57. The van der Waals surface area contributed by atoms with Crippen molar-refractivity contribution in [1.29, 1.82) is 0 Å². The van der Waals surface area contributed by atoms with E-state index in [0.717, 1.165) is 66.8 Å². The summed E-state index contributed by atoms with van der Waals surface area (Å²) in [6.07, 6.45) is 2.27. The minimum absolute atomic E-state index is 0.0119. The average molecular weight is 372 g/mol. The van der Waals surface area contributed by atoms with Crippen molar-refractivity contribution in [2.75, 3.05) is 44.4 Å². The molecule has 138 valence electrons. The molecule has 1 amide bonds. The number of thiophene rings is 1. The third kappa shape index (κ3) is 3.92. The van der Waals surface area contributed by atoms with Gasteiger partial charge in [-0.3, -0.25) is 4.79 Å². The number of carbonyl (C=O) groups excluding carboxylic acids is 1. The van der Waals surface area contributed by atoms with E-state index < -0.39 is 0 Å². The van der Waals surface area contributed by atoms with Crippen molar-refractivity contribution in [2.24, 2.45) is 0 Å². The largest absolute Gasteiger partial charge is 0.378 e. The Kier molecular flexibility index (Phi) is 5.53. The molecule has 0 spiro atoms. The van der Waals surface area contributed by atoms with Gasteiger partial charge in [-0.1, -0.05) is 30.3 Å². The Morgan fingerprint density at radius 2 is 2.00 bits per heavy atom. The summed E-state index contributed by atoms with van der Waals surface area (Å²) in [6, 6.07) is 12.3. The summed E-state index contributed by atoms with van der Waals surface area (Å²) in [7, 11) is 0. The molecule has 0 bridgehead atoms. The minimum Gasteiger partial charge on any atom is -0.378 e. The van der Waals surface area contributed by atoms with Gasteiger partial charge in [-0.05, 0) is 24.5 Å². The number of rotatable bonds is 5. The summed E-state index contributed by atoms with van der Waals surface area (Å²) >= 11 is 1.57. The van der Waals surface area contributed by atoms with Gasteiger partial charge in [-0.15, -0.1) is 11.3 Å². The summed E-state index contributed by atoms with van der Waals surface area (Å²) in [5, 5.41) is 4.19. The number of ether oxygens (including phenoxy) is 2. The highest BCUT2D eigenvalue weighted by Crippen LogP contribution is 2.39. The quantitative estimate of drug-likeness (QED) is 0.876. The van der Waals surface area contributed by atoms with Crippen molar-refractivity contribution in [3.63, 3.8) is 0 Å². The van der Waals surface area contributed by atoms with Crippen LogP contribution in [0.5, 0.6) is 0 Å². The first-order chi connectivity index (χ1) is 12.8. The highest BCUT2D eigenvalue weighted by atomic mass is 32.1. The molecule has 1 aromatic heterocycles. The van der Waals surface area contributed by atoms with Crippen molar-refractivity contribution < 1.29 is 14.3 Å². The number of hydrogen-bond acceptors (Lipinski definition) is 5. The lowest BCUT2D eigenvalue weighted by Crippen LogP contribution is -2.35. The van der Waals surface area contributed by atoms with Gasteiger partial charge in [0.1, 0.15) is 0 Å². The first-order valence-corrected chi connectivity index (χ1v) is 10.0. The molecule has 5 nitrogen and oxygen atoms in total. The zero-order chi connectivity index (χ0) is 17.8. The van der Waals surface area contributed by atoms with Crippen LogP contribution in [0.3, 0.4) is 0 Å². The molecular weight excluding hydrogens is 348 g/mol. The Labute approximate surface area is 157 Å². The first kappa shape index (κ1) is 17.5. The van der Waals surface area contributed by atoms with Crippen LogP contribution in [0.25, 0.3) is 11.1 Å². The maximum absolute atomic E-state index is 12.7. The van der Waals surface area contributed by atoms with E-state index in [1.165, 1.54) is 0 Å². The normalized spacial score (nSPS) is 20.3. The van der Waals surface area contributed by atoms with Crippen LogP contribution in [0.2, 0.25) is 0 Å². The molecule has 0 radical (unpaired) electrons. The van der Waals surface area contributed by atoms with Crippen LogP contribution in [-0.4, -0.2) is 51.5 Å². The summed E-state index contributed by atoms with van der Waals surface area (Å²) in [6.45, 7) is 4.57. The van der Waals surface area contributed by atoms with E-state index in [9.17, 15) is 4.79 Å². The number of anilines is 1. The van der Waals surface area contributed by atoms with Crippen molar-refractivity contribution in [3.8, 4) is 11.1 Å². The van der Waals surface area contributed by atoms with E-state index in [2.05, 4.69) is 22.3 Å². The molecule has 4 rings (SSSR count). The minimum atomic E-state index is -0.0119. The van der Waals surface area contributed by atoms with Gasteiger partial charge in [0.2, 0.25) is 0 Å². The number of nitrogens with one attached hydrogen (secondary N) is 1. The molecule has 3 heterocycles. The molecule has 0 unspecified atom stereocenters. The van der Waals surface area contributed by atoms with E-state index in [1.54, 1.807) is 11.3 Å². The number of hydrogen-bond donors (Lipinski definition) is 1.